The highest BCUT2D eigenvalue weighted by molar-refractivity contribution is 5.95. The number of benzene rings is 1. The molecule has 1 aromatic carbocycles. The lowest BCUT2D eigenvalue weighted by molar-refractivity contribution is 0.440. The van der Waals surface area contributed by atoms with Crippen LogP contribution < -0.4 is 10.5 Å². The second-order valence-electron chi connectivity index (χ2n) is 5.64. The van der Waals surface area contributed by atoms with E-state index in [4.69, 9.17) is 15.9 Å². The maximum absolute atomic E-state index is 7.45. The summed E-state index contributed by atoms with van der Waals surface area (Å²) in [7, 11) is 0. The van der Waals surface area contributed by atoms with E-state index in [0.29, 0.717) is 11.4 Å². The fourth-order valence-corrected chi connectivity index (χ4v) is 1.92. The van der Waals surface area contributed by atoms with Crippen molar-refractivity contribution < 1.29 is 4.74 Å². The summed E-state index contributed by atoms with van der Waals surface area (Å²) >= 11 is 0. The number of aromatic nitrogens is 1. The van der Waals surface area contributed by atoms with Crippen LogP contribution in [0, 0.1) is 5.41 Å². The van der Waals surface area contributed by atoms with E-state index < -0.39 is 0 Å². The molecule has 0 aliphatic heterocycles. The molecule has 0 fully saturated rings. The molecular formula is C16H19N3O. The van der Waals surface area contributed by atoms with E-state index >= 15 is 0 Å². The van der Waals surface area contributed by atoms with E-state index in [1.165, 1.54) is 0 Å². The third-order valence-electron chi connectivity index (χ3n) is 2.96. The van der Waals surface area contributed by atoms with Crippen molar-refractivity contribution in [3.05, 3.63) is 53.7 Å². The highest BCUT2D eigenvalue weighted by Crippen LogP contribution is 2.33. The highest BCUT2D eigenvalue weighted by atomic mass is 16.5. The Bertz CT molecular complexity index is 630. The molecular weight excluding hydrogens is 250 g/mol. The molecule has 3 N–H and O–H groups in total. The molecule has 2 rings (SSSR count). The zero-order chi connectivity index (χ0) is 14.8. The summed E-state index contributed by atoms with van der Waals surface area (Å²) in [6.07, 6.45) is 1.59. The van der Waals surface area contributed by atoms with E-state index in [1.807, 2.05) is 24.3 Å². The van der Waals surface area contributed by atoms with Crippen molar-refractivity contribution in [1.82, 2.24) is 4.98 Å². The van der Waals surface area contributed by atoms with Crippen LogP contribution in [0.2, 0.25) is 0 Å². The summed E-state index contributed by atoms with van der Waals surface area (Å²) in [5.74, 6) is 1.21. The first-order valence-electron chi connectivity index (χ1n) is 6.46. The summed E-state index contributed by atoms with van der Waals surface area (Å²) < 4.78 is 5.86. The molecule has 0 spiro atoms. The van der Waals surface area contributed by atoms with Gasteiger partial charge in [0.2, 0.25) is 5.88 Å². The molecule has 0 radical (unpaired) electrons. The zero-order valence-corrected chi connectivity index (χ0v) is 12.0. The smallest absolute Gasteiger partial charge is 0.219 e. The molecule has 1 aromatic heterocycles. The van der Waals surface area contributed by atoms with Gasteiger partial charge in [-0.15, -0.1) is 0 Å². The van der Waals surface area contributed by atoms with Gasteiger partial charge in [-0.05, 0) is 17.5 Å². The van der Waals surface area contributed by atoms with Crippen molar-refractivity contribution in [1.29, 1.82) is 5.41 Å². The molecule has 0 amide bonds. The zero-order valence-electron chi connectivity index (χ0n) is 12.0. The van der Waals surface area contributed by atoms with Crippen molar-refractivity contribution in [2.24, 2.45) is 5.73 Å². The van der Waals surface area contributed by atoms with Gasteiger partial charge in [0.1, 0.15) is 11.6 Å². The summed E-state index contributed by atoms with van der Waals surface area (Å²) in [5, 5.41) is 7.45. The predicted molar refractivity (Wildman–Crippen MR) is 80.5 cm³/mol. The monoisotopic (exact) mass is 269 g/mol. The number of rotatable bonds is 3. The van der Waals surface area contributed by atoms with Gasteiger partial charge in [0.05, 0.1) is 0 Å². The second kappa shape index (κ2) is 5.33. The van der Waals surface area contributed by atoms with Gasteiger partial charge in [-0.1, -0.05) is 39.0 Å². The molecule has 4 heteroatoms. The van der Waals surface area contributed by atoms with Crippen LogP contribution in [0.4, 0.5) is 0 Å². The number of nitrogens with two attached hydrogens (primary N) is 1. The number of hydrogen-bond donors (Lipinski definition) is 2. The number of nitrogen functional groups attached to an aromatic ring is 1. The quantitative estimate of drug-likeness (QED) is 0.662. The molecule has 0 aliphatic carbocycles. The van der Waals surface area contributed by atoms with Gasteiger partial charge in [0.25, 0.3) is 0 Å². The molecule has 0 atom stereocenters. The third-order valence-corrected chi connectivity index (χ3v) is 2.96. The Morgan fingerprint density at radius 3 is 2.55 bits per heavy atom. The molecule has 0 bridgehead atoms. The number of hydrogen-bond acceptors (Lipinski definition) is 3. The van der Waals surface area contributed by atoms with Crippen LogP contribution in [0.15, 0.2) is 42.6 Å². The predicted octanol–water partition coefficient (Wildman–Crippen LogP) is 3.46. The molecule has 20 heavy (non-hydrogen) atoms. The largest absolute Gasteiger partial charge is 0.439 e. The summed E-state index contributed by atoms with van der Waals surface area (Å²) in [6, 6.07) is 11.2. The van der Waals surface area contributed by atoms with Crippen LogP contribution >= 0.6 is 0 Å². The minimum Gasteiger partial charge on any atom is -0.439 e. The van der Waals surface area contributed by atoms with Gasteiger partial charge >= 0.3 is 0 Å². The molecule has 2 aromatic rings. The van der Waals surface area contributed by atoms with Crippen molar-refractivity contribution in [3.63, 3.8) is 0 Å². The Hall–Kier alpha value is -2.36. The highest BCUT2D eigenvalue weighted by Gasteiger charge is 2.19. The fraction of sp³-hybridized carbons (Fsp3) is 0.250. The molecule has 0 aliphatic rings. The topological polar surface area (TPSA) is 72.0 Å². The maximum Gasteiger partial charge on any atom is 0.219 e. The van der Waals surface area contributed by atoms with Gasteiger partial charge in [0, 0.05) is 23.4 Å². The third kappa shape index (κ3) is 3.15. The van der Waals surface area contributed by atoms with Crippen LogP contribution in [0.1, 0.15) is 31.9 Å². The number of amidine groups is 1. The lowest BCUT2D eigenvalue weighted by atomic mass is 9.86. The van der Waals surface area contributed by atoms with Gasteiger partial charge in [0.15, 0.2) is 0 Å². The van der Waals surface area contributed by atoms with E-state index in [0.717, 1.165) is 11.3 Å². The van der Waals surface area contributed by atoms with Gasteiger partial charge in [-0.2, -0.15) is 0 Å². The van der Waals surface area contributed by atoms with Crippen molar-refractivity contribution in [3.8, 4) is 11.6 Å². The van der Waals surface area contributed by atoms with E-state index in [9.17, 15) is 0 Å². The number of para-hydroxylation sites is 1. The van der Waals surface area contributed by atoms with Crippen molar-refractivity contribution >= 4 is 5.84 Å². The van der Waals surface area contributed by atoms with E-state index in [1.54, 1.807) is 18.3 Å². The standard InChI is InChI=1S/C16H19N3O/c1-16(2,3)12-6-4-5-7-13(12)20-14-10-11(15(17)18)8-9-19-14/h4-10H,1-3H3,(H3,17,18). The maximum atomic E-state index is 7.45. The Morgan fingerprint density at radius 1 is 1.20 bits per heavy atom. The summed E-state index contributed by atoms with van der Waals surface area (Å²) in [4.78, 5) is 4.17. The molecule has 0 saturated heterocycles. The van der Waals surface area contributed by atoms with Gasteiger partial charge in [-0.25, -0.2) is 4.98 Å². The van der Waals surface area contributed by atoms with Gasteiger partial charge in [-0.3, -0.25) is 5.41 Å². The lowest BCUT2D eigenvalue weighted by Crippen LogP contribution is -2.13. The summed E-state index contributed by atoms with van der Waals surface area (Å²) in [5.41, 5.74) is 7.16. The van der Waals surface area contributed by atoms with E-state index in [2.05, 4.69) is 25.8 Å². The van der Waals surface area contributed by atoms with E-state index in [-0.39, 0.29) is 11.3 Å². The van der Waals surface area contributed by atoms with Crippen molar-refractivity contribution in [2.75, 3.05) is 0 Å². The van der Waals surface area contributed by atoms with Crippen LogP contribution in [0.3, 0.4) is 0 Å². The Labute approximate surface area is 119 Å². The molecule has 104 valence electrons. The molecule has 0 saturated carbocycles. The normalized spacial score (nSPS) is 11.2. The molecule has 0 unspecified atom stereocenters. The Kier molecular flexibility index (Phi) is 3.74. The summed E-state index contributed by atoms with van der Waals surface area (Å²) in [6.45, 7) is 6.40. The van der Waals surface area contributed by atoms with Crippen LogP contribution in [0.25, 0.3) is 0 Å². The number of nitrogens with zero attached hydrogens (tertiary/aromatic N) is 1. The SMILES string of the molecule is CC(C)(C)c1ccccc1Oc1cc(C(=N)N)ccn1. The van der Waals surface area contributed by atoms with Crippen LogP contribution in [-0.4, -0.2) is 10.8 Å². The Morgan fingerprint density at radius 2 is 1.90 bits per heavy atom. The number of ether oxygens (including phenoxy) is 1. The average Bonchev–Trinajstić information content (AvgIpc) is 2.38. The first-order valence-corrected chi connectivity index (χ1v) is 6.46. The minimum absolute atomic E-state index is 0.00126. The average molecular weight is 269 g/mol. The molecule has 1 heterocycles. The Balaban J connectivity index is 2.36. The molecule has 4 nitrogen and oxygen atoms in total. The number of nitrogens with one attached hydrogen (secondary N) is 1. The van der Waals surface area contributed by atoms with Gasteiger partial charge < -0.3 is 10.5 Å². The fourth-order valence-electron chi connectivity index (χ4n) is 1.92. The second-order valence-corrected chi connectivity index (χ2v) is 5.64. The first kappa shape index (κ1) is 14.1. The minimum atomic E-state index is -0.0191. The lowest BCUT2D eigenvalue weighted by Gasteiger charge is -2.22. The van der Waals surface area contributed by atoms with Crippen LogP contribution in [-0.2, 0) is 5.41 Å². The van der Waals surface area contributed by atoms with Crippen molar-refractivity contribution in [2.45, 2.75) is 26.2 Å². The number of pyridine rings is 1. The first-order chi connectivity index (χ1) is 9.38. The van der Waals surface area contributed by atoms with Crippen LogP contribution in [0.5, 0.6) is 11.6 Å².